The molecule has 0 aromatic carbocycles. The van der Waals surface area contributed by atoms with Crippen LogP contribution in [0.2, 0.25) is 0 Å². The molecule has 2 heterocycles. The van der Waals surface area contributed by atoms with Crippen LogP contribution >= 0.6 is 0 Å². The summed E-state index contributed by atoms with van der Waals surface area (Å²) in [7, 11) is 0. The minimum atomic E-state index is -0.784. The summed E-state index contributed by atoms with van der Waals surface area (Å²) in [6.45, 7) is 2.26. The molecule has 72 valence electrons. The highest BCUT2D eigenvalue weighted by Crippen LogP contribution is 2.37. The van der Waals surface area contributed by atoms with E-state index in [1.54, 1.807) is 0 Å². The quantitative estimate of drug-likeness (QED) is 0.612. The second-order valence-corrected chi connectivity index (χ2v) is 4.00. The van der Waals surface area contributed by atoms with Gasteiger partial charge < -0.3 is 10.0 Å². The van der Waals surface area contributed by atoms with Crippen LogP contribution in [0, 0.1) is 5.41 Å². The first kappa shape index (κ1) is 8.53. The Balaban J connectivity index is 1.92. The minimum absolute atomic E-state index is 0.311. The molecule has 0 aromatic heterocycles. The molecule has 1 saturated heterocycles. The fourth-order valence-electron chi connectivity index (χ4n) is 2.12. The molecule has 0 unspecified atom stereocenters. The number of likely N-dealkylation sites (tertiary alicyclic amines) is 1. The van der Waals surface area contributed by atoms with Crippen LogP contribution in [-0.4, -0.2) is 41.9 Å². The lowest BCUT2D eigenvalue weighted by atomic mass is 9.77. The van der Waals surface area contributed by atoms with Crippen molar-refractivity contribution < 1.29 is 9.90 Å². The fourth-order valence-corrected chi connectivity index (χ4v) is 2.12. The SMILES string of the molecule is O=C(O)N1CCC2(CC=NC2)CC1. The molecular formula is C9H14N2O2. The van der Waals surface area contributed by atoms with E-state index in [9.17, 15) is 4.79 Å². The Labute approximate surface area is 77.3 Å². The zero-order valence-corrected chi connectivity index (χ0v) is 7.57. The Morgan fingerprint density at radius 2 is 2.15 bits per heavy atom. The van der Waals surface area contributed by atoms with Gasteiger partial charge in [-0.3, -0.25) is 4.99 Å². The third-order valence-electron chi connectivity index (χ3n) is 3.17. The number of hydrogen-bond donors (Lipinski definition) is 1. The average Bonchev–Trinajstić information content (AvgIpc) is 2.54. The van der Waals surface area contributed by atoms with Gasteiger partial charge in [-0.15, -0.1) is 0 Å². The maximum atomic E-state index is 10.7. The molecule has 2 rings (SSSR count). The van der Waals surface area contributed by atoms with Crippen LogP contribution in [-0.2, 0) is 0 Å². The van der Waals surface area contributed by atoms with Crippen LogP contribution in [0.3, 0.4) is 0 Å². The van der Waals surface area contributed by atoms with Gasteiger partial charge >= 0.3 is 6.09 Å². The van der Waals surface area contributed by atoms with Gasteiger partial charge in [-0.25, -0.2) is 4.79 Å². The summed E-state index contributed by atoms with van der Waals surface area (Å²) in [6.07, 6.45) is 4.18. The van der Waals surface area contributed by atoms with Crippen molar-refractivity contribution in [3.8, 4) is 0 Å². The molecular weight excluding hydrogens is 168 g/mol. The number of hydrogen-bond acceptors (Lipinski definition) is 2. The molecule has 0 aliphatic carbocycles. The Kier molecular flexibility index (Phi) is 1.98. The highest BCUT2D eigenvalue weighted by molar-refractivity contribution is 5.65. The van der Waals surface area contributed by atoms with Gasteiger partial charge in [0, 0.05) is 19.6 Å². The van der Waals surface area contributed by atoms with Gasteiger partial charge in [0.2, 0.25) is 0 Å². The van der Waals surface area contributed by atoms with Crippen LogP contribution in [0.4, 0.5) is 4.79 Å². The highest BCUT2D eigenvalue weighted by atomic mass is 16.4. The van der Waals surface area contributed by atoms with Crippen molar-refractivity contribution >= 4 is 12.3 Å². The standard InChI is InChI=1S/C9H14N2O2/c12-8(13)11-5-2-9(3-6-11)1-4-10-7-9/h4H,1-3,5-7H2,(H,12,13). The van der Waals surface area contributed by atoms with Crippen LogP contribution in [0.1, 0.15) is 19.3 Å². The fraction of sp³-hybridized carbons (Fsp3) is 0.778. The van der Waals surface area contributed by atoms with Gasteiger partial charge in [-0.1, -0.05) is 0 Å². The molecule has 0 bridgehead atoms. The van der Waals surface area contributed by atoms with E-state index in [1.807, 2.05) is 6.21 Å². The maximum absolute atomic E-state index is 10.7. The Bertz CT molecular complexity index is 232. The van der Waals surface area contributed by atoms with Crippen molar-refractivity contribution in [1.29, 1.82) is 0 Å². The zero-order valence-electron chi connectivity index (χ0n) is 7.57. The highest BCUT2D eigenvalue weighted by Gasteiger charge is 2.36. The maximum Gasteiger partial charge on any atom is 0.407 e. The molecule has 1 fully saturated rings. The molecule has 4 nitrogen and oxygen atoms in total. The number of rotatable bonds is 0. The van der Waals surface area contributed by atoms with Crippen LogP contribution in [0.5, 0.6) is 0 Å². The van der Waals surface area contributed by atoms with Crippen LogP contribution in [0.25, 0.3) is 0 Å². The molecule has 4 heteroatoms. The Hall–Kier alpha value is -1.06. The second-order valence-electron chi connectivity index (χ2n) is 4.00. The van der Waals surface area contributed by atoms with E-state index < -0.39 is 6.09 Å². The second kappa shape index (κ2) is 3.01. The van der Waals surface area contributed by atoms with Crippen molar-refractivity contribution in [2.75, 3.05) is 19.6 Å². The third-order valence-corrected chi connectivity index (χ3v) is 3.17. The van der Waals surface area contributed by atoms with Gasteiger partial charge in [0.15, 0.2) is 0 Å². The molecule has 13 heavy (non-hydrogen) atoms. The number of aliphatic imine (C=N–C) groups is 1. The van der Waals surface area contributed by atoms with E-state index in [0.717, 1.165) is 25.8 Å². The Morgan fingerprint density at radius 1 is 1.46 bits per heavy atom. The molecule has 1 spiro atoms. The predicted molar refractivity (Wildman–Crippen MR) is 49.2 cm³/mol. The summed E-state index contributed by atoms with van der Waals surface area (Å²) in [5.74, 6) is 0. The molecule has 0 saturated carbocycles. The predicted octanol–water partition coefficient (Wildman–Crippen LogP) is 1.22. The number of carboxylic acid groups (broad SMARTS) is 1. The number of nitrogens with zero attached hydrogens (tertiary/aromatic N) is 2. The molecule has 0 aromatic rings. The monoisotopic (exact) mass is 182 g/mol. The zero-order chi connectivity index (χ0) is 9.31. The number of amides is 1. The summed E-state index contributed by atoms with van der Waals surface area (Å²) in [5, 5.41) is 8.76. The van der Waals surface area contributed by atoms with Gasteiger partial charge in [-0.05, 0) is 30.9 Å². The van der Waals surface area contributed by atoms with Gasteiger partial charge in [-0.2, -0.15) is 0 Å². The van der Waals surface area contributed by atoms with E-state index in [4.69, 9.17) is 5.11 Å². The molecule has 0 atom stereocenters. The van der Waals surface area contributed by atoms with Crippen molar-refractivity contribution in [2.24, 2.45) is 10.4 Å². The summed E-state index contributed by atoms with van der Waals surface area (Å²) in [4.78, 5) is 16.4. The van der Waals surface area contributed by atoms with Gasteiger partial charge in [0.05, 0.1) is 0 Å². The normalized spacial score (nSPS) is 25.4. The average molecular weight is 182 g/mol. The Morgan fingerprint density at radius 3 is 2.62 bits per heavy atom. The molecule has 1 amide bonds. The molecule has 2 aliphatic rings. The van der Waals surface area contributed by atoms with Gasteiger partial charge in [0.25, 0.3) is 0 Å². The smallest absolute Gasteiger partial charge is 0.407 e. The van der Waals surface area contributed by atoms with E-state index in [1.165, 1.54) is 4.90 Å². The van der Waals surface area contributed by atoms with Gasteiger partial charge in [0.1, 0.15) is 0 Å². The number of carbonyl (C=O) groups is 1. The van der Waals surface area contributed by atoms with Crippen LogP contribution in [0.15, 0.2) is 4.99 Å². The van der Waals surface area contributed by atoms with E-state index in [-0.39, 0.29) is 0 Å². The van der Waals surface area contributed by atoms with E-state index in [2.05, 4.69) is 4.99 Å². The first-order valence-electron chi connectivity index (χ1n) is 4.68. The summed E-state index contributed by atoms with van der Waals surface area (Å²) >= 11 is 0. The summed E-state index contributed by atoms with van der Waals surface area (Å²) in [6, 6.07) is 0. The number of piperidine rings is 1. The molecule has 1 N–H and O–H groups in total. The summed E-state index contributed by atoms with van der Waals surface area (Å²) < 4.78 is 0. The topological polar surface area (TPSA) is 52.9 Å². The summed E-state index contributed by atoms with van der Waals surface area (Å²) in [5.41, 5.74) is 0.311. The van der Waals surface area contributed by atoms with E-state index >= 15 is 0 Å². The third kappa shape index (κ3) is 1.53. The van der Waals surface area contributed by atoms with Crippen molar-refractivity contribution in [1.82, 2.24) is 4.90 Å². The largest absolute Gasteiger partial charge is 0.465 e. The first-order chi connectivity index (χ1) is 6.22. The minimum Gasteiger partial charge on any atom is -0.465 e. The molecule has 2 aliphatic heterocycles. The lowest BCUT2D eigenvalue weighted by Crippen LogP contribution is -2.42. The van der Waals surface area contributed by atoms with E-state index in [0.29, 0.717) is 18.5 Å². The molecule has 0 radical (unpaired) electrons. The van der Waals surface area contributed by atoms with Crippen LogP contribution < -0.4 is 0 Å². The first-order valence-corrected chi connectivity index (χ1v) is 4.68. The van der Waals surface area contributed by atoms with Crippen molar-refractivity contribution in [3.05, 3.63) is 0 Å². The lowest BCUT2D eigenvalue weighted by Gasteiger charge is -2.37. The van der Waals surface area contributed by atoms with Crippen molar-refractivity contribution in [3.63, 3.8) is 0 Å². The van der Waals surface area contributed by atoms with Crippen molar-refractivity contribution in [2.45, 2.75) is 19.3 Å². The lowest BCUT2D eigenvalue weighted by molar-refractivity contribution is 0.0995.